The summed E-state index contributed by atoms with van der Waals surface area (Å²) >= 11 is 0. The highest BCUT2D eigenvalue weighted by Gasteiger charge is 2.62. The van der Waals surface area contributed by atoms with Crippen LogP contribution in [0.15, 0.2) is 23.0 Å². The van der Waals surface area contributed by atoms with Gasteiger partial charge in [0.25, 0.3) is 5.91 Å². The van der Waals surface area contributed by atoms with Crippen molar-refractivity contribution >= 4 is 22.8 Å². The summed E-state index contributed by atoms with van der Waals surface area (Å²) in [6.45, 7) is -1.45. The molecule has 17 heteroatoms. The van der Waals surface area contributed by atoms with Gasteiger partial charge in [-0.05, 0) is 6.07 Å². The molecule has 1 amide bonds. The molecule has 0 saturated carbocycles. The topological polar surface area (TPSA) is 122 Å². The lowest BCUT2D eigenvalue weighted by Gasteiger charge is -2.48. The molecule has 41 heavy (non-hydrogen) atoms. The number of rotatable bonds is 7. The summed E-state index contributed by atoms with van der Waals surface area (Å²) < 4.78 is 129. The van der Waals surface area contributed by atoms with E-state index in [2.05, 4.69) is 4.98 Å². The third-order valence-corrected chi connectivity index (χ3v) is 6.92. The molecule has 0 spiro atoms. The highest BCUT2D eigenvalue weighted by atomic mass is 19.4. The van der Waals surface area contributed by atoms with Crippen LogP contribution in [0.2, 0.25) is 0 Å². The summed E-state index contributed by atoms with van der Waals surface area (Å²) in [5.41, 5.74) is -3.46. The van der Waals surface area contributed by atoms with Gasteiger partial charge in [0, 0.05) is 25.2 Å². The molecular formula is C24H19F9N4O4. The number of aliphatic hydroxyl groups excluding tert-OH is 2. The molecule has 1 fully saturated rings. The molecule has 3 aromatic rings. The number of primary amides is 1. The molecule has 3 heterocycles. The van der Waals surface area contributed by atoms with Crippen molar-refractivity contribution in [2.24, 2.45) is 11.1 Å². The Hall–Kier alpha value is -3.86. The van der Waals surface area contributed by atoms with Gasteiger partial charge in [0.1, 0.15) is 17.1 Å². The molecule has 2 aromatic heterocycles. The van der Waals surface area contributed by atoms with Gasteiger partial charge in [-0.1, -0.05) is 6.92 Å². The molecule has 8 nitrogen and oxygen atoms in total. The minimum Gasteiger partial charge on any atom is -0.396 e. The smallest absolute Gasteiger partial charge is 0.396 e. The normalized spacial score (nSPS) is 16.1. The molecule has 1 aromatic carbocycles. The summed E-state index contributed by atoms with van der Waals surface area (Å²) in [6, 6.07) is 0.481. The average molecular weight is 598 g/mol. The average Bonchev–Trinajstić information content (AvgIpc) is 2.83. The number of amides is 1. The van der Waals surface area contributed by atoms with Crippen molar-refractivity contribution in [3.63, 3.8) is 0 Å². The number of hydrogen-bond donors (Lipinski definition) is 3. The lowest BCUT2D eigenvalue weighted by atomic mass is 9.81. The Balaban J connectivity index is 2.20. The van der Waals surface area contributed by atoms with Crippen LogP contribution in [-0.2, 0) is 0 Å². The maximum Gasteiger partial charge on any atom is 0.453 e. The monoisotopic (exact) mass is 598 g/mol. The Morgan fingerprint density at radius 1 is 1.02 bits per heavy atom. The van der Waals surface area contributed by atoms with E-state index in [1.54, 1.807) is 0 Å². The number of nitrogens with two attached hydrogens (primary N) is 1. The quantitative estimate of drug-likeness (QED) is 0.360. The molecule has 0 bridgehead atoms. The fraction of sp³-hybridized carbons (Fsp3) is 0.375. The second-order valence-electron chi connectivity index (χ2n) is 9.69. The number of carbonyl (C=O) groups is 1. The summed E-state index contributed by atoms with van der Waals surface area (Å²) in [7, 11) is 0. The van der Waals surface area contributed by atoms with Gasteiger partial charge in [0.15, 0.2) is 28.9 Å². The van der Waals surface area contributed by atoms with Crippen molar-refractivity contribution in [1.82, 2.24) is 9.55 Å². The van der Waals surface area contributed by atoms with Crippen LogP contribution in [0.1, 0.15) is 28.9 Å². The van der Waals surface area contributed by atoms with E-state index in [0.717, 1.165) is 4.90 Å². The second-order valence-corrected chi connectivity index (χ2v) is 9.69. The Kier molecular flexibility index (Phi) is 7.27. The number of hydrogen-bond acceptors (Lipinski definition) is 6. The van der Waals surface area contributed by atoms with E-state index < -0.39 is 105 Å². The van der Waals surface area contributed by atoms with Gasteiger partial charge in [0.2, 0.25) is 5.43 Å². The van der Waals surface area contributed by atoms with Crippen LogP contribution >= 0.6 is 0 Å². The van der Waals surface area contributed by atoms with Crippen LogP contribution < -0.4 is 16.1 Å². The molecule has 222 valence electrons. The van der Waals surface area contributed by atoms with Crippen LogP contribution in [0, 0.1) is 28.7 Å². The van der Waals surface area contributed by atoms with Crippen LogP contribution in [0.4, 0.5) is 45.3 Å². The highest BCUT2D eigenvalue weighted by Crippen LogP contribution is 2.47. The zero-order valence-electron chi connectivity index (χ0n) is 20.7. The van der Waals surface area contributed by atoms with Crippen LogP contribution in [0.25, 0.3) is 16.7 Å². The molecule has 4 rings (SSSR count). The predicted molar refractivity (Wildman–Crippen MR) is 124 cm³/mol. The van der Waals surface area contributed by atoms with Crippen molar-refractivity contribution in [3.8, 4) is 5.69 Å². The van der Waals surface area contributed by atoms with Gasteiger partial charge in [-0.25, -0.2) is 22.5 Å². The first kappa shape index (κ1) is 30.1. The molecule has 1 aliphatic heterocycles. The number of aliphatic hydroxyl groups is 2. The number of halogens is 9. The SMILES string of the molecule is CC(c1c(C(N)=O)c(=O)c2cc(F)c(N3CC(CO)(CO)C3)nc2n1-c1c(F)cc(F)cc1F)C(F)(F)C(F)(F)F. The molecule has 4 N–H and O–H groups in total. The van der Waals surface area contributed by atoms with E-state index in [4.69, 9.17) is 5.73 Å². The third kappa shape index (κ3) is 4.65. The lowest BCUT2D eigenvalue weighted by molar-refractivity contribution is -0.290. The fourth-order valence-corrected chi connectivity index (χ4v) is 4.71. The highest BCUT2D eigenvalue weighted by molar-refractivity contribution is 5.98. The Morgan fingerprint density at radius 2 is 1.56 bits per heavy atom. The molecule has 1 unspecified atom stereocenters. The van der Waals surface area contributed by atoms with E-state index in [1.165, 1.54) is 0 Å². The van der Waals surface area contributed by atoms with E-state index >= 15 is 13.2 Å². The van der Waals surface area contributed by atoms with Gasteiger partial charge in [-0.2, -0.15) is 22.0 Å². The standard InChI is InChI=1S/C24H19F9N4O4/c1-9(23(29,30)24(31,32)33)16-15(19(34)41)18(40)11-4-14(28)21(36-5-22(6-36,7-38)8-39)35-20(11)37(16)17-12(26)2-10(25)3-13(17)27/h2-4,9,38-39H,5-8H2,1H3,(H2,34,41). The van der Waals surface area contributed by atoms with Gasteiger partial charge < -0.3 is 20.8 Å². The number of fused-ring (bicyclic) bond motifs is 1. The van der Waals surface area contributed by atoms with Crippen molar-refractivity contribution in [2.45, 2.75) is 24.9 Å². The van der Waals surface area contributed by atoms with Gasteiger partial charge in [-0.3, -0.25) is 14.2 Å². The number of carbonyl (C=O) groups excluding carboxylic acids is 1. The number of anilines is 1. The first-order valence-electron chi connectivity index (χ1n) is 11.6. The molecular weight excluding hydrogens is 579 g/mol. The fourth-order valence-electron chi connectivity index (χ4n) is 4.71. The van der Waals surface area contributed by atoms with Crippen LogP contribution in [0.5, 0.6) is 0 Å². The molecule has 1 saturated heterocycles. The maximum atomic E-state index is 15.2. The number of pyridine rings is 2. The van der Waals surface area contributed by atoms with E-state index in [1.807, 2.05) is 0 Å². The number of alkyl halides is 5. The summed E-state index contributed by atoms with van der Waals surface area (Å²) in [6.07, 6.45) is -6.31. The number of aromatic nitrogens is 2. The minimum atomic E-state index is -6.31. The minimum absolute atomic E-state index is 0.0410. The third-order valence-electron chi connectivity index (χ3n) is 6.92. The Labute approximate surface area is 223 Å². The van der Waals surface area contributed by atoms with Crippen molar-refractivity contribution < 1.29 is 54.5 Å². The zero-order chi connectivity index (χ0) is 30.8. The zero-order valence-corrected chi connectivity index (χ0v) is 20.7. The van der Waals surface area contributed by atoms with E-state index in [-0.39, 0.29) is 36.7 Å². The maximum absolute atomic E-state index is 15.2. The van der Waals surface area contributed by atoms with Crippen molar-refractivity contribution in [3.05, 3.63) is 62.9 Å². The van der Waals surface area contributed by atoms with Crippen molar-refractivity contribution in [1.29, 1.82) is 0 Å². The summed E-state index contributed by atoms with van der Waals surface area (Å²) in [5.74, 6) is -18.1. The molecule has 0 radical (unpaired) electrons. The summed E-state index contributed by atoms with van der Waals surface area (Å²) in [5, 5.41) is 18.0. The Bertz CT molecular complexity index is 1590. The number of nitrogens with zero attached hydrogens (tertiary/aromatic N) is 3. The number of benzene rings is 1. The predicted octanol–water partition coefficient (Wildman–Crippen LogP) is 3.13. The molecule has 1 atom stereocenters. The second kappa shape index (κ2) is 9.90. The first-order chi connectivity index (χ1) is 18.9. The molecule has 0 aliphatic carbocycles. The van der Waals surface area contributed by atoms with Crippen LogP contribution in [-0.4, -0.2) is 64.1 Å². The van der Waals surface area contributed by atoms with Gasteiger partial charge in [0.05, 0.1) is 35.6 Å². The first-order valence-corrected chi connectivity index (χ1v) is 11.6. The van der Waals surface area contributed by atoms with E-state index in [0.29, 0.717) is 6.07 Å². The lowest BCUT2D eigenvalue weighted by Crippen LogP contribution is -2.61. The summed E-state index contributed by atoms with van der Waals surface area (Å²) in [4.78, 5) is 30.4. The Morgan fingerprint density at radius 3 is 2.02 bits per heavy atom. The van der Waals surface area contributed by atoms with Crippen LogP contribution in [0.3, 0.4) is 0 Å². The van der Waals surface area contributed by atoms with Gasteiger partial charge in [-0.15, -0.1) is 0 Å². The van der Waals surface area contributed by atoms with Crippen molar-refractivity contribution in [2.75, 3.05) is 31.2 Å². The van der Waals surface area contributed by atoms with Gasteiger partial charge >= 0.3 is 12.1 Å². The molecule has 1 aliphatic rings. The van der Waals surface area contributed by atoms with E-state index in [9.17, 15) is 46.1 Å². The largest absolute Gasteiger partial charge is 0.453 e.